The molecule has 3 aromatic carbocycles. The lowest BCUT2D eigenvalue weighted by Crippen LogP contribution is -1.80. The number of rotatable bonds is 0. The van der Waals surface area contributed by atoms with Gasteiger partial charge in [-0.15, -0.1) is 25.3 Å². The minimum Gasteiger partial charge on any atom is -0.142 e. The number of benzene rings is 3. The lowest BCUT2D eigenvalue weighted by molar-refractivity contribution is 1.33. The maximum atomic E-state index is 4.56. The second kappa shape index (κ2) is 3.72. The Kier molecular flexibility index (Phi) is 2.34. The van der Waals surface area contributed by atoms with Crippen molar-refractivity contribution in [2.75, 3.05) is 0 Å². The summed E-state index contributed by atoms with van der Waals surface area (Å²) in [6.45, 7) is 0. The molecule has 0 aliphatic carbocycles. The zero-order valence-electron chi connectivity index (χ0n) is 8.51. The first-order valence-corrected chi connectivity index (χ1v) is 5.99. The van der Waals surface area contributed by atoms with E-state index < -0.39 is 0 Å². The van der Waals surface area contributed by atoms with Crippen molar-refractivity contribution >= 4 is 46.8 Å². The average molecular weight is 242 g/mol. The molecule has 3 rings (SSSR count). The van der Waals surface area contributed by atoms with Crippen LogP contribution in [0.1, 0.15) is 0 Å². The highest BCUT2D eigenvalue weighted by Gasteiger charge is 2.05. The first kappa shape index (κ1) is 10.1. The predicted octanol–water partition coefficient (Wildman–Crippen LogP) is 4.57. The van der Waals surface area contributed by atoms with Gasteiger partial charge in [0, 0.05) is 15.2 Å². The van der Waals surface area contributed by atoms with E-state index in [1.54, 1.807) is 0 Å². The maximum Gasteiger partial charge on any atom is 0.0259 e. The fraction of sp³-hybridized carbons (Fsp3) is 0. The predicted molar refractivity (Wildman–Crippen MR) is 76.0 cm³/mol. The molecule has 0 unspecified atom stereocenters. The van der Waals surface area contributed by atoms with Crippen LogP contribution in [0.2, 0.25) is 0 Å². The van der Waals surface area contributed by atoms with Crippen molar-refractivity contribution in [3.63, 3.8) is 0 Å². The zero-order valence-corrected chi connectivity index (χ0v) is 10.3. The Morgan fingerprint density at radius 1 is 0.688 bits per heavy atom. The van der Waals surface area contributed by atoms with Crippen molar-refractivity contribution in [2.24, 2.45) is 0 Å². The molecule has 3 aromatic rings. The molecule has 0 saturated carbocycles. The molecule has 0 spiro atoms. The van der Waals surface area contributed by atoms with Gasteiger partial charge in [-0.3, -0.25) is 0 Å². The van der Waals surface area contributed by atoms with Crippen LogP contribution in [0.4, 0.5) is 0 Å². The molecule has 0 N–H and O–H groups in total. The van der Waals surface area contributed by atoms with Gasteiger partial charge in [-0.1, -0.05) is 42.5 Å². The monoisotopic (exact) mass is 242 g/mol. The van der Waals surface area contributed by atoms with Crippen LogP contribution in [-0.2, 0) is 0 Å². The quantitative estimate of drug-likeness (QED) is 0.419. The SMILES string of the molecule is Sc1ccc2ccc3ccccc3c2c1S. The Balaban J connectivity index is 2.63. The summed E-state index contributed by atoms with van der Waals surface area (Å²) in [4.78, 5) is 1.88. The number of hydrogen-bond donors (Lipinski definition) is 2. The van der Waals surface area contributed by atoms with Gasteiger partial charge < -0.3 is 0 Å². The standard InChI is InChI=1S/C14H10S2/c15-12-8-7-10-6-5-9-3-1-2-4-11(9)13(10)14(12)16/h1-8,15-16H. The minimum atomic E-state index is 0.923. The van der Waals surface area contributed by atoms with Gasteiger partial charge in [-0.05, 0) is 22.2 Å². The Morgan fingerprint density at radius 2 is 1.38 bits per heavy atom. The van der Waals surface area contributed by atoms with E-state index in [1.807, 2.05) is 6.07 Å². The fourth-order valence-electron chi connectivity index (χ4n) is 2.07. The Hall–Kier alpha value is -1.12. The van der Waals surface area contributed by atoms with Gasteiger partial charge in [0.1, 0.15) is 0 Å². The molecule has 0 saturated heterocycles. The third-order valence-corrected chi connectivity index (χ3v) is 3.88. The normalized spacial score (nSPS) is 11.1. The molecule has 16 heavy (non-hydrogen) atoms. The summed E-state index contributed by atoms with van der Waals surface area (Å²) in [7, 11) is 0. The van der Waals surface area contributed by atoms with Crippen LogP contribution in [0, 0.1) is 0 Å². The Labute approximate surface area is 105 Å². The first-order chi connectivity index (χ1) is 7.77. The molecule has 0 amide bonds. The van der Waals surface area contributed by atoms with Gasteiger partial charge in [0.2, 0.25) is 0 Å². The topological polar surface area (TPSA) is 0 Å². The average Bonchev–Trinajstić information content (AvgIpc) is 2.33. The van der Waals surface area contributed by atoms with Gasteiger partial charge in [0.15, 0.2) is 0 Å². The lowest BCUT2D eigenvalue weighted by Gasteiger charge is -2.08. The molecule has 0 bridgehead atoms. The molecule has 0 aliphatic heterocycles. The molecule has 0 fully saturated rings. The largest absolute Gasteiger partial charge is 0.142 e. The van der Waals surface area contributed by atoms with E-state index in [9.17, 15) is 0 Å². The third kappa shape index (κ3) is 1.41. The van der Waals surface area contributed by atoms with E-state index in [2.05, 4.69) is 67.7 Å². The van der Waals surface area contributed by atoms with Crippen LogP contribution in [0.3, 0.4) is 0 Å². The van der Waals surface area contributed by atoms with Crippen LogP contribution in [0.25, 0.3) is 21.5 Å². The number of fused-ring (bicyclic) bond motifs is 3. The van der Waals surface area contributed by atoms with Crippen molar-refractivity contribution in [3.05, 3.63) is 48.5 Å². The van der Waals surface area contributed by atoms with Gasteiger partial charge in [0.25, 0.3) is 0 Å². The van der Waals surface area contributed by atoms with Crippen LogP contribution in [0.5, 0.6) is 0 Å². The summed E-state index contributed by atoms with van der Waals surface area (Å²) in [6.07, 6.45) is 0. The van der Waals surface area contributed by atoms with E-state index in [1.165, 1.54) is 21.5 Å². The van der Waals surface area contributed by atoms with E-state index >= 15 is 0 Å². The van der Waals surface area contributed by atoms with Gasteiger partial charge in [-0.25, -0.2) is 0 Å². The molecular weight excluding hydrogens is 232 g/mol. The molecule has 0 nitrogen and oxygen atoms in total. The molecule has 78 valence electrons. The summed E-state index contributed by atoms with van der Waals surface area (Å²) in [5.74, 6) is 0. The van der Waals surface area contributed by atoms with Crippen molar-refractivity contribution in [3.8, 4) is 0 Å². The Morgan fingerprint density at radius 3 is 2.25 bits per heavy atom. The van der Waals surface area contributed by atoms with Crippen LogP contribution in [-0.4, -0.2) is 0 Å². The third-order valence-electron chi connectivity index (χ3n) is 2.86. The van der Waals surface area contributed by atoms with Crippen molar-refractivity contribution in [1.29, 1.82) is 0 Å². The second-order valence-corrected chi connectivity index (χ2v) is 4.75. The fourth-order valence-corrected chi connectivity index (χ4v) is 2.58. The van der Waals surface area contributed by atoms with Crippen LogP contribution < -0.4 is 0 Å². The number of hydrogen-bond acceptors (Lipinski definition) is 2. The molecular formula is C14H10S2. The van der Waals surface area contributed by atoms with Gasteiger partial charge in [-0.2, -0.15) is 0 Å². The second-order valence-electron chi connectivity index (χ2n) is 3.82. The smallest absolute Gasteiger partial charge is 0.0259 e. The van der Waals surface area contributed by atoms with E-state index in [4.69, 9.17) is 0 Å². The maximum absolute atomic E-state index is 4.56. The summed E-state index contributed by atoms with van der Waals surface area (Å²) < 4.78 is 0. The van der Waals surface area contributed by atoms with E-state index in [0.29, 0.717) is 0 Å². The van der Waals surface area contributed by atoms with Crippen LogP contribution >= 0.6 is 25.3 Å². The highest BCUT2D eigenvalue weighted by atomic mass is 32.1. The first-order valence-electron chi connectivity index (χ1n) is 5.10. The summed E-state index contributed by atoms with van der Waals surface area (Å²) >= 11 is 8.99. The van der Waals surface area contributed by atoms with Crippen LogP contribution in [0.15, 0.2) is 58.3 Å². The Bertz CT molecular complexity index is 687. The highest BCUT2D eigenvalue weighted by Crippen LogP contribution is 2.33. The van der Waals surface area contributed by atoms with Gasteiger partial charge >= 0.3 is 0 Å². The molecule has 0 heterocycles. The van der Waals surface area contributed by atoms with Gasteiger partial charge in [0.05, 0.1) is 0 Å². The molecule has 0 aliphatic rings. The summed E-state index contributed by atoms with van der Waals surface area (Å²) in [5.41, 5.74) is 0. The minimum absolute atomic E-state index is 0.923. The van der Waals surface area contributed by atoms with E-state index in [0.717, 1.165) is 9.79 Å². The number of thiol groups is 2. The zero-order chi connectivity index (χ0) is 11.1. The van der Waals surface area contributed by atoms with Crippen molar-refractivity contribution < 1.29 is 0 Å². The summed E-state index contributed by atoms with van der Waals surface area (Å²) in [6, 6.07) is 16.7. The van der Waals surface area contributed by atoms with Crippen molar-refractivity contribution in [1.82, 2.24) is 0 Å². The van der Waals surface area contributed by atoms with Crippen molar-refractivity contribution in [2.45, 2.75) is 9.79 Å². The molecule has 0 aromatic heterocycles. The molecule has 0 atom stereocenters. The van der Waals surface area contributed by atoms with E-state index in [-0.39, 0.29) is 0 Å². The molecule has 0 radical (unpaired) electrons. The lowest BCUT2D eigenvalue weighted by atomic mass is 10.0. The molecule has 2 heteroatoms. The summed E-state index contributed by atoms with van der Waals surface area (Å²) in [5, 5.41) is 4.88. The highest BCUT2D eigenvalue weighted by molar-refractivity contribution is 7.83.